The van der Waals surface area contributed by atoms with Crippen molar-refractivity contribution in [3.8, 4) is 0 Å². The molecular weight excluding hydrogens is 328 g/mol. The molecule has 3 rings (SSSR count). The molecule has 26 heavy (non-hydrogen) atoms. The van der Waals surface area contributed by atoms with Crippen LogP contribution in [-0.2, 0) is 13.1 Å². The zero-order valence-electron chi connectivity index (χ0n) is 15.6. The van der Waals surface area contributed by atoms with Gasteiger partial charge in [0.05, 0.1) is 23.1 Å². The largest absolute Gasteiger partial charge is 0.444 e. The van der Waals surface area contributed by atoms with E-state index in [1.165, 1.54) is 5.52 Å². The molecule has 7 heteroatoms. The quantitative estimate of drug-likeness (QED) is 0.387. The topological polar surface area (TPSA) is 80.3 Å². The van der Waals surface area contributed by atoms with Crippen LogP contribution in [0, 0.1) is 13.8 Å². The third-order valence-electron chi connectivity index (χ3n) is 4.19. The zero-order chi connectivity index (χ0) is 18.4. The van der Waals surface area contributed by atoms with E-state index in [-0.39, 0.29) is 0 Å². The molecule has 2 aromatic heterocycles. The number of rotatable bonds is 7. The van der Waals surface area contributed by atoms with Gasteiger partial charge in [0.15, 0.2) is 5.96 Å². The van der Waals surface area contributed by atoms with Crippen LogP contribution < -0.4 is 10.6 Å². The number of para-hydroxylation sites is 2. The Morgan fingerprint density at radius 3 is 2.85 bits per heavy atom. The van der Waals surface area contributed by atoms with Gasteiger partial charge in [-0.15, -0.1) is 0 Å². The van der Waals surface area contributed by atoms with Crippen molar-refractivity contribution in [2.45, 2.75) is 40.3 Å². The molecule has 0 aliphatic heterocycles. The minimum atomic E-state index is 0.427. The Balaban J connectivity index is 1.51. The van der Waals surface area contributed by atoms with E-state index in [0.29, 0.717) is 12.4 Å². The summed E-state index contributed by atoms with van der Waals surface area (Å²) < 4.78 is 7.75. The summed E-state index contributed by atoms with van der Waals surface area (Å²) in [6, 6.07) is 8.19. The number of guanidine groups is 1. The number of benzene rings is 1. The number of nitrogens with zero attached hydrogens (tertiary/aromatic N) is 4. The van der Waals surface area contributed by atoms with E-state index in [9.17, 15) is 0 Å². The number of hydrogen-bond donors (Lipinski definition) is 2. The smallest absolute Gasteiger partial charge is 0.216 e. The van der Waals surface area contributed by atoms with Gasteiger partial charge in [0.25, 0.3) is 0 Å². The van der Waals surface area contributed by atoms with Crippen LogP contribution in [0.2, 0.25) is 0 Å². The Morgan fingerprint density at radius 2 is 2.08 bits per heavy atom. The average molecular weight is 354 g/mol. The van der Waals surface area contributed by atoms with Gasteiger partial charge in [0.2, 0.25) is 5.89 Å². The van der Waals surface area contributed by atoms with E-state index in [1.807, 2.05) is 45.3 Å². The second-order valence-electron chi connectivity index (χ2n) is 6.15. The fraction of sp³-hybridized carbons (Fsp3) is 0.421. The second kappa shape index (κ2) is 8.51. The van der Waals surface area contributed by atoms with E-state index >= 15 is 0 Å². The predicted molar refractivity (Wildman–Crippen MR) is 103 cm³/mol. The molecule has 0 atom stereocenters. The molecule has 2 heterocycles. The highest BCUT2D eigenvalue weighted by atomic mass is 16.4. The van der Waals surface area contributed by atoms with Gasteiger partial charge in [-0.2, -0.15) is 0 Å². The van der Waals surface area contributed by atoms with Crippen molar-refractivity contribution in [3.63, 3.8) is 0 Å². The Bertz CT molecular complexity index is 860. The van der Waals surface area contributed by atoms with Gasteiger partial charge in [0, 0.05) is 19.6 Å². The summed E-state index contributed by atoms with van der Waals surface area (Å²) in [6.45, 7) is 8.87. The number of aliphatic imine (C=N–C) groups is 1. The van der Waals surface area contributed by atoms with Gasteiger partial charge < -0.3 is 19.6 Å². The molecule has 0 fully saturated rings. The number of imidazole rings is 1. The molecule has 0 saturated heterocycles. The molecule has 138 valence electrons. The van der Waals surface area contributed by atoms with Crippen LogP contribution in [0.1, 0.15) is 30.7 Å². The van der Waals surface area contributed by atoms with Crippen molar-refractivity contribution >= 4 is 17.0 Å². The molecule has 0 saturated carbocycles. The van der Waals surface area contributed by atoms with Gasteiger partial charge in [-0.05, 0) is 39.3 Å². The minimum Gasteiger partial charge on any atom is -0.444 e. The Kier molecular flexibility index (Phi) is 5.88. The van der Waals surface area contributed by atoms with Crippen LogP contribution in [0.15, 0.2) is 40.0 Å². The number of oxazole rings is 1. The van der Waals surface area contributed by atoms with Crippen molar-refractivity contribution in [3.05, 3.63) is 47.9 Å². The van der Waals surface area contributed by atoms with Crippen molar-refractivity contribution < 1.29 is 4.42 Å². The van der Waals surface area contributed by atoms with Gasteiger partial charge in [0.1, 0.15) is 12.3 Å². The van der Waals surface area contributed by atoms with Crippen molar-refractivity contribution in [2.75, 3.05) is 13.1 Å². The van der Waals surface area contributed by atoms with Gasteiger partial charge >= 0.3 is 0 Å². The summed E-state index contributed by atoms with van der Waals surface area (Å²) in [5.41, 5.74) is 3.12. The maximum Gasteiger partial charge on any atom is 0.216 e. The average Bonchev–Trinajstić information content (AvgIpc) is 3.20. The highest BCUT2D eigenvalue weighted by molar-refractivity contribution is 5.79. The Morgan fingerprint density at radius 1 is 1.23 bits per heavy atom. The zero-order valence-corrected chi connectivity index (χ0v) is 15.6. The minimum absolute atomic E-state index is 0.427. The molecule has 0 aliphatic rings. The predicted octanol–water partition coefficient (Wildman–Crippen LogP) is 2.79. The second-order valence-corrected chi connectivity index (χ2v) is 6.15. The Labute approximate surface area is 153 Å². The van der Waals surface area contributed by atoms with E-state index in [0.717, 1.165) is 49.0 Å². The first-order valence-electron chi connectivity index (χ1n) is 9.02. The number of fused-ring (bicyclic) bond motifs is 1. The van der Waals surface area contributed by atoms with Gasteiger partial charge in [-0.1, -0.05) is 12.1 Å². The molecule has 3 aromatic rings. The fourth-order valence-corrected chi connectivity index (χ4v) is 2.74. The lowest BCUT2D eigenvalue weighted by Crippen LogP contribution is -2.38. The van der Waals surface area contributed by atoms with Crippen molar-refractivity contribution in [1.82, 2.24) is 25.2 Å². The lowest BCUT2D eigenvalue weighted by atomic mass is 10.3. The lowest BCUT2D eigenvalue weighted by Gasteiger charge is -2.11. The van der Waals surface area contributed by atoms with Crippen LogP contribution in [0.5, 0.6) is 0 Å². The van der Waals surface area contributed by atoms with Gasteiger partial charge in [-0.25, -0.2) is 15.0 Å². The summed E-state index contributed by atoms with van der Waals surface area (Å²) >= 11 is 0. The molecule has 1 aromatic carbocycles. The van der Waals surface area contributed by atoms with E-state index in [1.54, 1.807) is 0 Å². The molecule has 0 unspecified atom stereocenters. The van der Waals surface area contributed by atoms with Crippen LogP contribution >= 0.6 is 0 Å². The summed E-state index contributed by atoms with van der Waals surface area (Å²) in [5, 5.41) is 6.61. The van der Waals surface area contributed by atoms with Crippen molar-refractivity contribution in [2.24, 2.45) is 4.99 Å². The molecule has 0 spiro atoms. The third kappa shape index (κ3) is 4.41. The molecule has 7 nitrogen and oxygen atoms in total. The summed E-state index contributed by atoms with van der Waals surface area (Å²) in [7, 11) is 0. The van der Waals surface area contributed by atoms with Gasteiger partial charge in [-0.3, -0.25) is 0 Å². The molecular formula is C19H26N6O. The molecule has 0 radical (unpaired) electrons. The van der Waals surface area contributed by atoms with Crippen LogP contribution in [-0.4, -0.2) is 33.6 Å². The summed E-state index contributed by atoms with van der Waals surface area (Å²) in [6.07, 6.45) is 2.87. The van der Waals surface area contributed by atoms with E-state index in [2.05, 4.69) is 36.2 Å². The first-order chi connectivity index (χ1) is 12.7. The maximum absolute atomic E-state index is 5.57. The molecule has 2 N–H and O–H groups in total. The normalized spacial score (nSPS) is 11.9. The number of hydrogen-bond acceptors (Lipinski definition) is 4. The highest BCUT2D eigenvalue weighted by Crippen LogP contribution is 2.12. The number of aromatic nitrogens is 3. The van der Waals surface area contributed by atoms with E-state index in [4.69, 9.17) is 4.42 Å². The molecule has 0 aliphatic carbocycles. The first-order valence-corrected chi connectivity index (χ1v) is 9.02. The standard InChI is InChI=1S/C19H26N6O/c1-4-20-19(22-12-18-24-14(2)15(3)26-18)21-10-7-11-25-13-23-16-8-5-6-9-17(16)25/h5-6,8-9,13H,4,7,10-12H2,1-3H3,(H2,20,21,22). The summed E-state index contributed by atoms with van der Waals surface area (Å²) in [5.74, 6) is 2.26. The van der Waals surface area contributed by atoms with Crippen LogP contribution in [0.3, 0.4) is 0 Å². The number of nitrogens with one attached hydrogen (secondary N) is 2. The van der Waals surface area contributed by atoms with Crippen molar-refractivity contribution in [1.29, 1.82) is 0 Å². The third-order valence-corrected chi connectivity index (χ3v) is 4.19. The molecule has 0 bridgehead atoms. The first kappa shape index (κ1) is 18.0. The van der Waals surface area contributed by atoms with E-state index < -0.39 is 0 Å². The monoisotopic (exact) mass is 354 g/mol. The SMILES string of the molecule is CCNC(=NCc1nc(C)c(C)o1)NCCCn1cnc2ccccc21. The fourth-order valence-electron chi connectivity index (χ4n) is 2.74. The van der Waals surface area contributed by atoms with Crippen LogP contribution in [0.25, 0.3) is 11.0 Å². The Hall–Kier alpha value is -2.83. The maximum atomic E-state index is 5.57. The highest BCUT2D eigenvalue weighted by Gasteiger charge is 2.06. The lowest BCUT2D eigenvalue weighted by molar-refractivity contribution is 0.472. The van der Waals surface area contributed by atoms with Crippen LogP contribution in [0.4, 0.5) is 0 Å². The molecule has 0 amide bonds. The summed E-state index contributed by atoms with van der Waals surface area (Å²) in [4.78, 5) is 13.3. The number of aryl methyl sites for hydroxylation is 3.